The Morgan fingerprint density at radius 2 is 1.85 bits per heavy atom. The maximum Gasteiger partial charge on any atom is 0.348 e. The van der Waals surface area contributed by atoms with Gasteiger partial charge in [-0.05, 0) is 43.8 Å². The summed E-state index contributed by atoms with van der Waals surface area (Å²) in [6.07, 6.45) is 7.98. The van der Waals surface area contributed by atoms with Gasteiger partial charge in [-0.2, -0.15) is 0 Å². The van der Waals surface area contributed by atoms with Crippen LogP contribution in [0.25, 0.3) is 0 Å². The van der Waals surface area contributed by atoms with E-state index >= 15 is 0 Å². The van der Waals surface area contributed by atoms with Crippen LogP contribution in [-0.2, 0) is 28.6 Å². The van der Waals surface area contributed by atoms with E-state index in [2.05, 4.69) is 13.5 Å². The summed E-state index contributed by atoms with van der Waals surface area (Å²) in [6.45, 7) is 9.60. The van der Waals surface area contributed by atoms with Crippen molar-refractivity contribution >= 4 is 17.7 Å². The molecule has 9 heteroatoms. The Balaban J connectivity index is 1.38. The summed E-state index contributed by atoms with van der Waals surface area (Å²) < 4.78 is 17.6. The first-order valence-corrected chi connectivity index (χ1v) is 15.1. The number of unbranched alkanes of at least 4 members (excludes halogenated alkanes) is 6. The highest BCUT2D eigenvalue weighted by Crippen LogP contribution is 2.73. The van der Waals surface area contributed by atoms with E-state index < -0.39 is 76.5 Å². The summed E-state index contributed by atoms with van der Waals surface area (Å²) in [5.74, 6) is -6.38. The van der Waals surface area contributed by atoms with Gasteiger partial charge < -0.3 is 29.5 Å². The van der Waals surface area contributed by atoms with Gasteiger partial charge in [0, 0.05) is 17.3 Å². The van der Waals surface area contributed by atoms with E-state index in [4.69, 9.17) is 14.2 Å². The fourth-order valence-corrected chi connectivity index (χ4v) is 8.83. The van der Waals surface area contributed by atoms with Crippen LogP contribution in [0.5, 0.6) is 0 Å². The zero-order valence-corrected chi connectivity index (χ0v) is 24.3. The number of carbonyl (C=O) groups excluding carboxylic acids is 3. The van der Waals surface area contributed by atoms with E-state index in [0.29, 0.717) is 5.57 Å². The SMILES string of the molecule is C=C1[C@@H](O)C2(O)OC[C@@]34[C@H]1[C@@H](OC(=O)C/C=C/CCCCCCCC)C(=O)O[C@@H]3C[C@H]1C(C)=CC(=O)[C@@H](O)[C@]1(C)[C@@H]24. The molecular weight excluding hydrogens is 528 g/mol. The molecule has 2 saturated carbocycles. The number of carbonyl (C=O) groups is 3. The molecular formula is C32H44O9. The minimum Gasteiger partial charge on any atom is -0.459 e. The van der Waals surface area contributed by atoms with Crippen molar-refractivity contribution in [2.75, 3.05) is 6.61 Å². The summed E-state index contributed by atoms with van der Waals surface area (Å²) >= 11 is 0. The number of fused-ring (bicyclic) bond motifs is 1. The van der Waals surface area contributed by atoms with E-state index in [1.54, 1.807) is 19.9 Å². The number of ether oxygens (including phenoxy) is 3. The molecule has 5 rings (SSSR count). The van der Waals surface area contributed by atoms with Crippen LogP contribution in [0.1, 0.15) is 78.6 Å². The Hall–Kier alpha value is -2.33. The molecule has 9 nitrogen and oxygen atoms in total. The van der Waals surface area contributed by atoms with Gasteiger partial charge in [0.05, 0.1) is 18.4 Å². The van der Waals surface area contributed by atoms with Gasteiger partial charge in [-0.25, -0.2) is 4.79 Å². The van der Waals surface area contributed by atoms with Crippen LogP contribution in [0.4, 0.5) is 0 Å². The molecule has 3 aliphatic carbocycles. The van der Waals surface area contributed by atoms with Gasteiger partial charge in [0.2, 0.25) is 6.10 Å². The Kier molecular flexibility index (Phi) is 8.13. The van der Waals surface area contributed by atoms with Crippen LogP contribution in [0.2, 0.25) is 0 Å². The number of allylic oxidation sites excluding steroid dienone is 2. The molecule has 2 aliphatic heterocycles. The Morgan fingerprint density at radius 1 is 1.15 bits per heavy atom. The molecule has 3 N–H and O–H groups in total. The molecule has 0 aromatic heterocycles. The minimum atomic E-state index is -2.17. The molecule has 0 radical (unpaired) electrons. The quantitative estimate of drug-likeness (QED) is 0.204. The Morgan fingerprint density at radius 3 is 2.59 bits per heavy atom. The average molecular weight is 573 g/mol. The number of ketones is 1. The van der Waals surface area contributed by atoms with Crippen molar-refractivity contribution in [3.05, 3.63) is 36.0 Å². The maximum absolute atomic E-state index is 13.4. The minimum absolute atomic E-state index is 0.0291. The highest BCUT2D eigenvalue weighted by Gasteiger charge is 2.83. The second kappa shape index (κ2) is 11.1. The first-order chi connectivity index (χ1) is 19.4. The molecule has 2 saturated heterocycles. The van der Waals surface area contributed by atoms with Crippen molar-refractivity contribution in [3.63, 3.8) is 0 Å². The van der Waals surface area contributed by atoms with Gasteiger partial charge in [0.15, 0.2) is 11.6 Å². The van der Waals surface area contributed by atoms with Crippen LogP contribution >= 0.6 is 0 Å². The number of aliphatic hydroxyl groups excluding tert-OH is 2. The van der Waals surface area contributed by atoms with Gasteiger partial charge in [-0.15, -0.1) is 0 Å². The van der Waals surface area contributed by atoms with Crippen molar-refractivity contribution in [1.82, 2.24) is 0 Å². The lowest BCUT2D eigenvalue weighted by Crippen LogP contribution is -2.76. The first kappa shape index (κ1) is 30.1. The van der Waals surface area contributed by atoms with Crippen molar-refractivity contribution in [1.29, 1.82) is 0 Å². The first-order valence-electron chi connectivity index (χ1n) is 15.1. The van der Waals surface area contributed by atoms with Crippen LogP contribution in [0.15, 0.2) is 36.0 Å². The van der Waals surface area contributed by atoms with E-state index in [-0.39, 0.29) is 25.0 Å². The number of esters is 2. The standard InChI is InChI=1S/C32H44O9/c1-5-6-7-8-9-10-11-12-13-14-23(34)41-25-24-19(3)26(35)32(38)29-30(4)20(18(2)15-21(33)27(30)36)16-22(40-28(25)37)31(24,29)17-39-32/h12-13,15,20,22,24-27,29,35-36,38H,3,5-11,14,16-17H2,1-2,4H3/b13-12+/t20-,22+,24+,25+,26+,27+,29+,30+,31-,32?/m0/s1. The Labute approximate surface area is 241 Å². The van der Waals surface area contributed by atoms with Crippen LogP contribution in [0, 0.1) is 28.6 Å². The lowest BCUT2D eigenvalue weighted by molar-refractivity contribution is -0.311. The van der Waals surface area contributed by atoms with E-state index in [1.165, 1.54) is 31.8 Å². The number of aliphatic hydroxyl groups is 3. The summed E-state index contributed by atoms with van der Waals surface area (Å²) in [5.41, 5.74) is -1.59. The van der Waals surface area contributed by atoms with Crippen LogP contribution < -0.4 is 0 Å². The fraction of sp³-hybridized carbons (Fsp3) is 0.719. The van der Waals surface area contributed by atoms with Gasteiger partial charge >= 0.3 is 11.9 Å². The molecule has 2 heterocycles. The normalized spacial score (nSPS) is 42.9. The second-order valence-corrected chi connectivity index (χ2v) is 13.0. The summed E-state index contributed by atoms with van der Waals surface area (Å²) in [5, 5.41) is 34.5. The van der Waals surface area contributed by atoms with Crippen molar-refractivity contribution in [2.24, 2.45) is 28.6 Å². The summed E-state index contributed by atoms with van der Waals surface area (Å²) in [6, 6.07) is 0. The molecule has 2 bridgehead atoms. The molecule has 1 spiro atoms. The lowest BCUT2D eigenvalue weighted by Gasteiger charge is -2.67. The zero-order chi connectivity index (χ0) is 29.7. The predicted molar refractivity (Wildman–Crippen MR) is 148 cm³/mol. The predicted octanol–water partition coefficient (Wildman–Crippen LogP) is 3.30. The molecule has 41 heavy (non-hydrogen) atoms. The molecule has 0 aromatic rings. The summed E-state index contributed by atoms with van der Waals surface area (Å²) in [7, 11) is 0. The van der Waals surface area contributed by atoms with Crippen molar-refractivity contribution in [2.45, 2.75) is 109 Å². The third-order valence-corrected chi connectivity index (χ3v) is 10.7. The number of hydrogen-bond donors (Lipinski definition) is 3. The van der Waals surface area contributed by atoms with Crippen LogP contribution in [-0.4, -0.2) is 69.9 Å². The third kappa shape index (κ3) is 4.46. The monoisotopic (exact) mass is 572 g/mol. The second-order valence-electron chi connectivity index (χ2n) is 13.0. The van der Waals surface area contributed by atoms with Crippen molar-refractivity contribution < 1.29 is 43.9 Å². The zero-order valence-electron chi connectivity index (χ0n) is 24.3. The van der Waals surface area contributed by atoms with Gasteiger partial charge in [-0.1, -0.05) is 70.3 Å². The highest BCUT2D eigenvalue weighted by molar-refractivity contribution is 5.96. The lowest BCUT2D eigenvalue weighted by atomic mass is 9.38. The van der Waals surface area contributed by atoms with Gasteiger partial charge in [0.1, 0.15) is 18.3 Å². The smallest absolute Gasteiger partial charge is 0.348 e. The van der Waals surface area contributed by atoms with Crippen molar-refractivity contribution in [3.8, 4) is 0 Å². The number of rotatable bonds is 10. The van der Waals surface area contributed by atoms with Crippen LogP contribution in [0.3, 0.4) is 0 Å². The Bertz CT molecular complexity index is 1160. The molecule has 5 aliphatic rings. The fourth-order valence-electron chi connectivity index (χ4n) is 8.83. The molecule has 10 atom stereocenters. The summed E-state index contributed by atoms with van der Waals surface area (Å²) in [4.78, 5) is 39.2. The highest BCUT2D eigenvalue weighted by atomic mass is 16.7. The van der Waals surface area contributed by atoms with Gasteiger partial charge in [0.25, 0.3) is 0 Å². The molecule has 1 unspecified atom stereocenters. The van der Waals surface area contributed by atoms with Gasteiger partial charge in [-0.3, -0.25) is 9.59 Å². The maximum atomic E-state index is 13.4. The molecule has 0 amide bonds. The average Bonchev–Trinajstić information content (AvgIpc) is 3.22. The van der Waals surface area contributed by atoms with E-state index in [1.807, 2.05) is 6.08 Å². The molecule has 0 aromatic carbocycles. The molecule has 226 valence electrons. The molecule has 4 fully saturated rings. The van der Waals surface area contributed by atoms with E-state index in [9.17, 15) is 29.7 Å². The number of hydrogen-bond acceptors (Lipinski definition) is 9. The third-order valence-electron chi connectivity index (χ3n) is 10.7. The van der Waals surface area contributed by atoms with E-state index in [0.717, 1.165) is 19.3 Å². The largest absolute Gasteiger partial charge is 0.459 e. The topological polar surface area (TPSA) is 140 Å².